The molecule has 0 aliphatic heterocycles. The molecule has 4 heteroatoms. The summed E-state index contributed by atoms with van der Waals surface area (Å²) in [6.07, 6.45) is 0.274. The third-order valence-electron chi connectivity index (χ3n) is 1.77. The molecule has 1 aromatic rings. The van der Waals surface area contributed by atoms with Gasteiger partial charge < -0.3 is 9.94 Å². The van der Waals surface area contributed by atoms with Gasteiger partial charge in [0.05, 0.1) is 0 Å². The van der Waals surface area contributed by atoms with Crippen molar-refractivity contribution in [3.63, 3.8) is 0 Å². The Morgan fingerprint density at radius 3 is 2.60 bits per heavy atom. The highest BCUT2D eigenvalue weighted by Crippen LogP contribution is 2.01. The van der Waals surface area contributed by atoms with Crippen molar-refractivity contribution >= 4 is 11.7 Å². The van der Waals surface area contributed by atoms with E-state index in [1.165, 1.54) is 0 Å². The van der Waals surface area contributed by atoms with E-state index in [0.29, 0.717) is 6.61 Å². The predicted octanol–water partition coefficient (Wildman–Crippen LogP) is 1.71. The number of hydrogen-bond donors (Lipinski definition) is 1. The second-order valence-corrected chi connectivity index (χ2v) is 2.92. The van der Waals surface area contributed by atoms with E-state index in [1.54, 1.807) is 6.92 Å². The molecular weight excluding hydrogens is 194 g/mol. The summed E-state index contributed by atoms with van der Waals surface area (Å²) in [5.74, 6) is -1.05. The van der Waals surface area contributed by atoms with E-state index in [-0.39, 0.29) is 12.1 Å². The van der Waals surface area contributed by atoms with Crippen LogP contribution in [0.4, 0.5) is 0 Å². The third kappa shape index (κ3) is 3.81. The maximum atomic E-state index is 10.8. The fourth-order valence-corrected chi connectivity index (χ4v) is 1.08. The smallest absolute Gasteiger partial charge is 0.354 e. The second kappa shape index (κ2) is 5.80. The number of carboxylic acid groups (broad SMARTS) is 1. The van der Waals surface area contributed by atoms with E-state index in [9.17, 15) is 4.79 Å². The summed E-state index contributed by atoms with van der Waals surface area (Å²) in [6, 6.07) is 9.30. The number of hydrogen-bond acceptors (Lipinski definition) is 3. The van der Waals surface area contributed by atoms with Gasteiger partial charge >= 0.3 is 5.97 Å². The van der Waals surface area contributed by atoms with Crippen LogP contribution in [0.15, 0.2) is 35.5 Å². The summed E-state index contributed by atoms with van der Waals surface area (Å²) in [7, 11) is 0. The van der Waals surface area contributed by atoms with Gasteiger partial charge in [0.25, 0.3) is 0 Å². The van der Waals surface area contributed by atoms with Crippen LogP contribution in [0.3, 0.4) is 0 Å². The number of nitrogens with zero attached hydrogens (tertiary/aromatic N) is 1. The van der Waals surface area contributed by atoms with Gasteiger partial charge in [0.1, 0.15) is 6.61 Å². The molecule has 0 aliphatic carbocycles. The molecule has 0 aromatic heterocycles. The second-order valence-electron chi connectivity index (χ2n) is 2.92. The van der Waals surface area contributed by atoms with Crippen molar-refractivity contribution in [2.45, 2.75) is 13.3 Å². The highest BCUT2D eigenvalue weighted by Gasteiger charge is 2.10. The lowest BCUT2D eigenvalue weighted by molar-refractivity contribution is -0.129. The molecule has 1 rings (SSSR count). The van der Waals surface area contributed by atoms with E-state index in [0.717, 1.165) is 5.56 Å². The summed E-state index contributed by atoms with van der Waals surface area (Å²) < 4.78 is 0. The van der Waals surface area contributed by atoms with Crippen LogP contribution < -0.4 is 0 Å². The van der Waals surface area contributed by atoms with Crippen LogP contribution in [0.1, 0.15) is 12.5 Å². The first-order valence-corrected chi connectivity index (χ1v) is 4.70. The minimum atomic E-state index is -1.05. The van der Waals surface area contributed by atoms with E-state index >= 15 is 0 Å². The van der Waals surface area contributed by atoms with E-state index in [4.69, 9.17) is 9.94 Å². The Morgan fingerprint density at radius 1 is 1.40 bits per heavy atom. The third-order valence-corrected chi connectivity index (χ3v) is 1.77. The molecule has 0 unspecified atom stereocenters. The van der Waals surface area contributed by atoms with Crippen LogP contribution in [0.25, 0.3) is 0 Å². The molecule has 0 saturated carbocycles. The molecule has 0 amide bonds. The minimum absolute atomic E-state index is 0.0167. The highest BCUT2D eigenvalue weighted by atomic mass is 16.6. The van der Waals surface area contributed by atoms with Gasteiger partial charge in [-0.2, -0.15) is 0 Å². The van der Waals surface area contributed by atoms with Gasteiger partial charge in [0.2, 0.25) is 0 Å². The molecule has 80 valence electrons. The highest BCUT2D eigenvalue weighted by molar-refractivity contribution is 6.35. The molecule has 0 atom stereocenters. The number of rotatable bonds is 5. The Balaban J connectivity index is 2.72. The van der Waals surface area contributed by atoms with Crippen molar-refractivity contribution in [3.05, 3.63) is 35.9 Å². The summed E-state index contributed by atoms with van der Waals surface area (Å²) in [5, 5.41) is 12.4. The lowest BCUT2D eigenvalue weighted by Crippen LogP contribution is -2.16. The van der Waals surface area contributed by atoms with Crippen molar-refractivity contribution < 1.29 is 14.7 Å². The Morgan fingerprint density at radius 2 is 2.07 bits per heavy atom. The average molecular weight is 207 g/mol. The number of oxime groups is 1. The van der Waals surface area contributed by atoms with Crippen LogP contribution in [0.5, 0.6) is 0 Å². The number of aliphatic carboxylic acids is 1. The molecule has 1 N–H and O–H groups in total. The van der Waals surface area contributed by atoms with Gasteiger partial charge in [-0.05, 0) is 12.5 Å². The predicted molar refractivity (Wildman–Crippen MR) is 56.8 cm³/mol. The van der Waals surface area contributed by atoms with Gasteiger partial charge in [-0.1, -0.05) is 35.5 Å². The zero-order valence-electron chi connectivity index (χ0n) is 8.51. The van der Waals surface area contributed by atoms with Gasteiger partial charge in [0, 0.05) is 6.42 Å². The number of carboxylic acids is 1. The number of benzene rings is 1. The van der Waals surface area contributed by atoms with Crippen molar-refractivity contribution in [3.8, 4) is 0 Å². The van der Waals surface area contributed by atoms with Crippen molar-refractivity contribution in [2.24, 2.45) is 5.16 Å². The van der Waals surface area contributed by atoms with Crippen molar-refractivity contribution in [2.75, 3.05) is 6.61 Å². The maximum Gasteiger partial charge on any atom is 0.354 e. The Bertz CT molecular complexity index is 346. The lowest BCUT2D eigenvalue weighted by atomic mass is 10.1. The zero-order chi connectivity index (χ0) is 11.1. The van der Waals surface area contributed by atoms with E-state index in [1.807, 2.05) is 30.3 Å². The van der Waals surface area contributed by atoms with Gasteiger partial charge in [0.15, 0.2) is 5.71 Å². The Hall–Kier alpha value is -1.84. The summed E-state index contributed by atoms with van der Waals surface area (Å²) in [5.41, 5.74) is 0.918. The van der Waals surface area contributed by atoms with Gasteiger partial charge in [-0.3, -0.25) is 0 Å². The molecule has 0 fully saturated rings. The van der Waals surface area contributed by atoms with Crippen LogP contribution >= 0.6 is 0 Å². The maximum absolute atomic E-state index is 10.8. The molecule has 0 bridgehead atoms. The molecular formula is C11H13NO3. The van der Waals surface area contributed by atoms with Crippen molar-refractivity contribution in [1.29, 1.82) is 0 Å². The molecule has 4 nitrogen and oxygen atoms in total. The molecule has 0 saturated heterocycles. The van der Waals surface area contributed by atoms with E-state index in [2.05, 4.69) is 5.16 Å². The van der Waals surface area contributed by atoms with Crippen molar-refractivity contribution in [1.82, 2.24) is 0 Å². The zero-order valence-corrected chi connectivity index (χ0v) is 8.51. The first-order chi connectivity index (χ1) is 7.24. The first kappa shape index (κ1) is 11.2. The van der Waals surface area contributed by atoms with Gasteiger partial charge in [-0.15, -0.1) is 0 Å². The SMILES string of the molecule is CCO/N=C(\Cc1ccccc1)C(=O)O. The summed E-state index contributed by atoms with van der Waals surface area (Å²) in [6.45, 7) is 2.12. The topological polar surface area (TPSA) is 58.9 Å². The Kier molecular flexibility index (Phi) is 4.34. The van der Waals surface area contributed by atoms with Crippen LogP contribution in [0.2, 0.25) is 0 Å². The molecule has 0 radical (unpaired) electrons. The van der Waals surface area contributed by atoms with Gasteiger partial charge in [-0.25, -0.2) is 4.79 Å². The Labute approximate surface area is 88.2 Å². The molecule has 0 aliphatic rings. The average Bonchev–Trinajstić information content (AvgIpc) is 2.25. The van der Waals surface area contributed by atoms with Crippen LogP contribution in [0, 0.1) is 0 Å². The quantitative estimate of drug-likeness (QED) is 0.590. The standard InChI is InChI=1S/C11H13NO3/c1-2-15-12-10(11(13)14)8-9-6-4-3-5-7-9/h3-7H,2,8H2,1H3,(H,13,14)/b12-10+. The van der Waals surface area contributed by atoms with Crippen LogP contribution in [-0.4, -0.2) is 23.4 Å². The van der Waals surface area contributed by atoms with Crippen LogP contribution in [-0.2, 0) is 16.1 Å². The molecule has 1 aromatic carbocycles. The number of carbonyl (C=O) groups is 1. The largest absolute Gasteiger partial charge is 0.477 e. The first-order valence-electron chi connectivity index (χ1n) is 4.70. The fraction of sp³-hybridized carbons (Fsp3) is 0.273. The molecule has 15 heavy (non-hydrogen) atoms. The normalized spacial score (nSPS) is 11.1. The summed E-state index contributed by atoms with van der Waals surface area (Å²) in [4.78, 5) is 15.5. The minimum Gasteiger partial charge on any atom is -0.477 e. The van der Waals surface area contributed by atoms with E-state index < -0.39 is 5.97 Å². The molecule has 0 spiro atoms. The molecule has 0 heterocycles. The monoisotopic (exact) mass is 207 g/mol. The lowest BCUT2D eigenvalue weighted by Gasteiger charge is -2.01. The summed E-state index contributed by atoms with van der Waals surface area (Å²) >= 11 is 0. The fourth-order valence-electron chi connectivity index (χ4n) is 1.08.